The first-order valence-electron chi connectivity index (χ1n) is 7.39. The van der Waals surface area contributed by atoms with Crippen LogP contribution in [0.25, 0.3) is 0 Å². The predicted octanol–water partition coefficient (Wildman–Crippen LogP) is 2.99. The number of esters is 1. The number of carbonyl (C=O) groups excluding carboxylic acids is 2. The van der Waals surface area contributed by atoms with E-state index < -0.39 is 30.5 Å². The van der Waals surface area contributed by atoms with Crippen LogP contribution in [0.5, 0.6) is 0 Å². The van der Waals surface area contributed by atoms with E-state index in [1.165, 1.54) is 4.90 Å². The third-order valence-electron chi connectivity index (χ3n) is 3.62. The maximum Gasteiger partial charge on any atom is 0.410 e. The van der Waals surface area contributed by atoms with E-state index in [1.54, 1.807) is 12.1 Å². The molecule has 23 heavy (non-hydrogen) atoms. The number of benzene rings is 1. The van der Waals surface area contributed by atoms with Gasteiger partial charge in [0.2, 0.25) is 0 Å². The fourth-order valence-electron chi connectivity index (χ4n) is 2.38. The van der Waals surface area contributed by atoms with Crippen LogP contribution in [0.1, 0.15) is 25.3 Å². The van der Waals surface area contributed by atoms with Gasteiger partial charge in [0, 0.05) is 32.9 Å². The second kappa shape index (κ2) is 7.39. The van der Waals surface area contributed by atoms with Gasteiger partial charge < -0.3 is 14.4 Å². The molecule has 1 aromatic carbocycles. The topological polar surface area (TPSA) is 55.8 Å². The molecule has 1 saturated heterocycles. The normalized spacial score (nSPS) is 20.5. The summed E-state index contributed by atoms with van der Waals surface area (Å²) in [6.07, 6.45) is -2.83. The average molecular weight is 327 g/mol. The molecule has 0 spiro atoms. The van der Waals surface area contributed by atoms with E-state index in [0.29, 0.717) is 0 Å². The number of amides is 1. The lowest BCUT2D eigenvalue weighted by Crippen LogP contribution is -2.36. The summed E-state index contributed by atoms with van der Waals surface area (Å²) in [6, 6.07) is 9.09. The number of ether oxygens (including phenoxy) is 2. The van der Waals surface area contributed by atoms with Crippen LogP contribution in [-0.4, -0.2) is 42.1 Å². The van der Waals surface area contributed by atoms with E-state index in [-0.39, 0.29) is 26.1 Å². The van der Waals surface area contributed by atoms with Gasteiger partial charge in [-0.2, -0.15) is 0 Å². The van der Waals surface area contributed by atoms with E-state index in [4.69, 9.17) is 4.74 Å². The minimum absolute atomic E-state index is 0.0567. The number of nitrogens with zero attached hydrogens (tertiary/aromatic N) is 1. The number of halogens is 2. The SMILES string of the molecule is CC(=O)OC1CCN(C(=O)OCc2ccccc2)CCC1(F)F. The van der Waals surface area contributed by atoms with Crippen molar-refractivity contribution in [3.05, 3.63) is 35.9 Å². The Morgan fingerprint density at radius 3 is 2.61 bits per heavy atom. The van der Waals surface area contributed by atoms with E-state index in [0.717, 1.165) is 12.5 Å². The lowest BCUT2D eigenvalue weighted by atomic mass is 10.1. The molecule has 2 rings (SSSR count). The van der Waals surface area contributed by atoms with Gasteiger partial charge in [-0.25, -0.2) is 13.6 Å². The molecule has 0 radical (unpaired) electrons. The molecule has 1 atom stereocenters. The monoisotopic (exact) mass is 327 g/mol. The molecule has 1 aliphatic heterocycles. The number of hydrogen-bond donors (Lipinski definition) is 0. The Morgan fingerprint density at radius 1 is 1.26 bits per heavy atom. The van der Waals surface area contributed by atoms with Crippen molar-refractivity contribution >= 4 is 12.1 Å². The average Bonchev–Trinajstić information content (AvgIpc) is 2.65. The van der Waals surface area contributed by atoms with Crippen LogP contribution in [-0.2, 0) is 20.9 Å². The number of alkyl halides is 2. The number of likely N-dealkylation sites (tertiary alicyclic amines) is 1. The van der Waals surface area contributed by atoms with Gasteiger partial charge in [0.05, 0.1) is 0 Å². The molecule has 5 nitrogen and oxygen atoms in total. The summed E-state index contributed by atoms with van der Waals surface area (Å²) in [5, 5.41) is 0. The van der Waals surface area contributed by atoms with Gasteiger partial charge in [-0.05, 0) is 5.56 Å². The van der Waals surface area contributed by atoms with E-state index in [2.05, 4.69) is 4.74 Å². The minimum Gasteiger partial charge on any atom is -0.456 e. The van der Waals surface area contributed by atoms with Crippen molar-refractivity contribution in [3.63, 3.8) is 0 Å². The number of rotatable bonds is 3. The van der Waals surface area contributed by atoms with Crippen LogP contribution < -0.4 is 0 Å². The molecule has 1 unspecified atom stereocenters. The van der Waals surface area contributed by atoms with Crippen LogP contribution in [0.3, 0.4) is 0 Å². The van der Waals surface area contributed by atoms with Crippen molar-refractivity contribution in [2.75, 3.05) is 13.1 Å². The minimum atomic E-state index is -3.15. The Labute approximate surface area is 133 Å². The molecule has 0 bridgehead atoms. The molecule has 126 valence electrons. The molecular formula is C16H19F2NO4. The first kappa shape index (κ1) is 17.2. The zero-order chi connectivity index (χ0) is 16.9. The van der Waals surface area contributed by atoms with Crippen molar-refractivity contribution < 1.29 is 27.8 Å². The highest BCUT2D eigenvalue weighted by Gasteiger charge is 2.44. The van der Waals surface area contributed by atoms with Gasteiger partial charge in [-0.1, -0.05) is 30.3 Å². The fourth-order valence-corrected chi connectivity index (χ4v) is 2.38. The van der Waals surface area contributed by atoms with Crippen LogP contribution >= 0.6 is 0 Å². The lowest BCUT2D eigenvalue weighted by Gasteiger charge is -2.23. The third-order valence-corrected chi connectivity index (χ3v) is 3.62. The Morgan fingerprint density at radius 2 is 1.96 bits per heavy atom. The first-order chi connectivity index (χ1) is 10.9. The summed E-state index contributed by atoms with van der Waals surface area (Å²) in [5.41, 5.74) is 0.818. The van der Waals surface area contributed by atoms with Crippen LogP contribution in [0.15, 0.2) is 30.3 Å². The Bertz CT molecular complexity index is 550. The second-order valence-corrected chi connectivity index (χ2v) is 5.43. The van der Waals surface area contributed by atoms with Gasteiger partial charge in [-0.15, -0.1) is 0 Å². The van der Waals surface area contributed by atoms with E-state index in [9.17, 15) is 18.4 Å². The molecule has 0 aliphatic carbocycles. The van der Waals surface area contributed by atoms with Crippen molar-refractivity contribution in [3.8, 4) is 0 Å². The predicted molar refractivity (Wildman–Crippen MR) is 77.9 cm³/mol. The third kappa shape index (κ3) is 4.91. The van der Waals surface area contributed by atoms with Crippen LogP contribution in [0.4, 0.5) is 13.6 Å². The van der Waals surface area contributed by atoms with E-state index >= 15 is 0 Å². The maximum absolute atomic E-state index is 13.9. The van der Waals surface area contributed by atoms with Crippen molar-refractivity contribution in [2.45, 2.75) is 38.4 Å². The summed E-state index contributed by atoms with van der Waals surface area (Å²) in [7, 11) is 0. The summed E-state index contributed by atoms with van der Waals surface area (Å²) in [6.45, 7) is 1.09. The van der Waals surface area contributed by atoms with Crippen molar-refractivity contribution in [1.82, 2.24) is 4.90 Å². The van der Waals surface area contributed by atoms with Crippen molar-refractivity contribution in [1.29, 1.82) is 0 Å². The summed E-state index contributed by atoms with van der Waals surface area (Å²) < 4.78 is 37.7. The van der Waals surface area contributed by atoms with Crippen LogP contribution in [0, 0.1) is 0 Å². The van der Waals surface area contributed by atoms with Gasteiger partial charge in [0.15, 0.2) is 6.10 Å². The van der Waals surface area contributed by atoms with Crippen molar-refractivity contribution in [2.24, 2.45) is 0 Å². The molecule has 1 aromatic rings. The molecule has 0 saturated carbocycles. The fraction of sp³-hybridized carbons (Fsp3) is 0.500. The standard InChI is InChI=1S/C16H19F2NO4/c1-12(20)23-14-7-9-19(10-8-16(14,17)18)15(21)22-11-13-5-3-2-4-6-13/h2-6,14H,7-11H2,1H3. The summed E-state index contributed by atoms with van der Waals surface area (Å²) in [4.78, 5) is 24.2. The smallest absolute Gasteiger partial charge is 0.410 e. The van der Waals surface area contributed by atoms with Gasteiger partial charge in [-0.3, -0.25) is 4.79 Å². The largest absolute Gasteiger partial charge is 0.456 e. The van der Waals surface area contributed by atoms with Crippen LogP contribution in [0.2, 0.25) is 0 Å². The lowest BCUT2D eigenvalue weighted by molar-refractivity contribution is -0.171. The zero-order valence-electron chi connectivity index (χ0n) is 12.8. The molecule has 7 heteroatoms. The Kier molecular flexibility index (Phi) is 5.52. The summed E-state index contributed by atoms with van der Waals surface area (Å²) >= 11 is 0. The molecule has 1 aliphatic rings. The van der Waals surface area contributed by atoms with Gasteiger partial charge in [0.25, 0.3) is 5.92 Å². The Hall–Kier alpha value is -2.18. The molecular weight excluding hydrogens is 308 g/mol. The molecule has 1 heterocycles. The maximum atomic E-state index is 13.9. The summed E-state index contributed by atoms with van der Waals surface area (Å²) in [5.74, 6) is -3.91. The highest BCUT2D eigenvalue weighted by molar-refractivity contribution is 5.68. The zero-order valence-corrected chi connectivity index (χ0v) is 12.8. The quantitative estimate of drug-likeness (QED) is 0.801. The molecule has 0 aromatic heterocycles. The second-order valence-electron chi connectivity index (χ2n) is 5.43. The highest BCUT2D eigenvalue weighted by atomic mass is 19.3. The first-order valence-corrected chi connectivity index (χ1v) is 7.39. The highest BCUT2D eigenvalue weighted by Crippen LogP contribution is 2.31. The van der Waals surface area contributed by atoms with E-state index in [1.807, 2.05) is 18.2 Å². The molecule has 1 fully saturated rings. The molecule has 0 N–H and O–H groups in total. The van der Waals surface area contributed by atoms with Gasteiger partial charge in [0.1, 0.15) is 6.61 Å². The number of carbonyl (C=O) groups is 2. The number of hydrogen-bond acceptors (Lipinski definition) is 4. The van der Waals surface area contributed by atoms with Gasteiger partial charge >= 0.3 is 12.1 Å². The Balaban J connectivity index is 1.91. The molecule has 1 amide bonds.